The molecule has 4 nitrogen and oxygen atoms in total. The highest BCUT2D eigenvalue weighted by molar-refractivity contribution is 5.21. The lowest BCUT2D eigenvalue weighted by atomic mass is 10.0. The summed E-state index contributed by atoms with van der Waals surface area (Å²) in [7, 11) is 0. The molecule has 0 fully saturated rings. The van der Waals surface area contributed by atoms with Crippen molar-refractivity contribution >= 4 is 0 Å². The number of hydrogen-bond acceptors (Lipinski definition) is 4. The summed E-state index contributed by atoms with van der Waals surface area (Å²) >= 11 is 0. The zero-order valence-electron chi connectivity index (χ0n) is 10.3. The molecule has 1 aromatic carbocycles. The van der Waals surface area contributed by atoms with Gasteiger partial charge >= 0.3 is 0 Å². The summed E-state index contributed by atoms with van der Waals surface area (Å²) in [6, 6.07) is 6.85. The van der Waals surface area contributed by atoms with Gasteiger partial charge < -0.3 is 9.84 Å². The summed E-state index contributed by atoms with van der Waals surface area (Å²) in [6.45, 7) is 2.70. The first-order valence-corrected chi connectivity index (χ1v) is 6.04. The molecule has 2 aromatic rings. The maximum atomic E-state index is 13.6. The molecule has 1 heterocycles. The Morgan fingerprint density at radius 2 is 2.22 bits per heavy atom. The van der Waals surface area contributed by atoms with E-state index in [-0.39, 0.29) is 11.9 Å². The van der Waals surface area contributed by atoms with Crippen LogP contribution in [0.3, 0.4) is 0 Å². The van der Waals surface area contributed by atoms with Crippen LogP contribution in [0, 0.1) is 5.82 Å². The van der Waals surface area contributed by atoms with Gasteiger partial charge in [-0.1, -0.05) is 30.3 Å². The molecule has 0 aliphatic carbocycles. The van der Waals surface area contributed by atoms with Crippen molar-refractivity contribution in [2.45, 2.75) is 25.8 Å². The Morgan fingerprint density at radius 1 is 1.39 bits per heavy atom. The topological polar surface area (TPSA) is 51.0 Å². The maximum absolute atomic E-state index is 13.6. The normalized spacial score (nSPS) is 12.6. The first-order chi connectivity index (χ1) is 8.81. The molecule has 18 heavy (non-hydrogen) atoms. The highest BCUT2D eigenvalue weighted by Gasteiger charge is 2.12. The van der Waals surface area contributed by atoms with Gasteiger partial charge in [-0.15, -0.1) is 0 Å². The Balaban J connectivity index is 1.91. The van der Waals surface area contributed by atoms with E-state index in [1.165, 1.54) is 12.4 Å². The molecule has 1 unspecified atom stereocenters. The Hall–Kier alpha value is -1.75. The minimum Gasteiger partial charge on any atom is -0.340 e. The molecule has 0 aliphatic heterocycles. The average Bonchev–Trinajstić information content (AvgIpc) is 2.89. The third kappa shape index (κ3) is 3.13. The molecule has 2 rings (SSSR count). The molecule has 0 amide bonds. The van der Waals surface area contributed by atoms with Crippen molar-refractivity contribution < 1.29 is 8.91 Å². The highest BCUT2D eigenvalue weighted by atomic mass is 19.1. The fourth-order valence-electron chi connectivity index (χ4n) is 1.89. The lowest BCUT2D eigenvalue weighted by Gasteiger charge is -2.17. The molecule has 1 atom stereocenters. The third-order valence-electron chi connectivity index (χ3n) is 2.83. The summed E-state index contributed by atoms with van der Waals surface area (Å²) in [4.78, 5) is 3.94. The van der Waals surface area contributed by atoms with Gasteiger partial charge in [0.1, 0.15) is 5.82 Å². The number of nitrogens with one attached hydrogen (secondary N) is 1. The maximum Gasteiger partial charge on any atom is 0.227 e. The van der Waals surface area contributed by atoms with E-state index in [2.05, 4.69) is 15.5 Å². The molecule has 0 bridgehead atoms. The van der Waals surface area contributed by atoms with Gasteiger partial charge in [0, 0.05) is 24.6 Å². The van der Waals surface area contributed by atoms with Crippen molar-refractivity contribution in [3.63, 3.8) is 0 Å². The second-order valence-corrected chi connectivity index (χ2v) is 4.02. The van der Waals surface area contributed by atoms with E-state index in [1.807, 2.05) is 19.1 Å². The number of benzene rings is 1. The van der Waals surface area contributed by atoms with E-state index in [1.54, 1.807) is 6.07 Å². The fourth-order valence-corrected chi connectivity index (χ4v) is 1.89. The molecular formula is C13H16FN3O. The SMILES string of the molecule is CCC(NCCc1ncno1)c1ccccc1F. The number of halogens is 1. The zero-order valence-corrected chi connectivity index (χ0v) is 10.3. The van der Waals surface area contributed by atoms with E-state index in [0.717, 1.165) is 6.42 Å². The highest BCUT2D eigenvalue weighted by Crippen LogP contribution is 2.19. The van der Waals surface area contributed by atoms with Crippen LogP contribution in [0.1, 0.15) is 30.8 Å². The van der Waals surface area contributed by atoms with Gasteiger partial charge in [-0.3, -0.25) is 0 Å². The lowest BCUT2D eigenvalue weighted by Crippen LogP contribution is -2.24. The van der Waals surface area contributed by atoms with Gasteiger partial charge in [0.2, 0.25) is 5.89 Å². The Bertz CT molecular complexity index is 473. The quantitative estimate of drug-likeness (QED) is 0.854. The molecule has 0 radical (unpaired) electrons. The van der Waals surface area contributed by atoms with Gasteiger partial charge in [0.15, 0.2) is 6.33 Å². The van der Waals surface area contributed by atoms with Crippen LogP contribution in [0.15, 0.2) is 35.1 Å². The van der Waals surface area contributed by atoms with Crippen molar-refractivity contribution in [3.8, 4) is 0 Å². The Labute approximate surface area is 105 Å². The molecule has 1 aromatic heterocycles. The summed E-state index contributed by atoms with van der Waals surface area (Å²) in [5, 5.41) is 6.84. The number of nitrogens with zero attached hydrogens (tertiary/aromatic N) is 2. The minimum atomic E-state index is -0.172. The third-order valence-corrected chi connectivity index (χ3v) is 2.83. The van der Waals surface area contributed by atoms with Gasteiger partial charge in [0.05, 0.1) is 0 Å². The van der Waals surface area contributed by atoms with Crippen molar-refractivity contribution in [3.05, 3.63) is 47.9 Å². The Kier molecular flexibility index (Phi) is 4.41. The van der Waals surface area contributed by atoms with Crippen molar-refractivity contribution in [1.82, 2.24) is 15.5 Å². The minimum absolute atomic E-state index is 0.00845. The van der Waals surface area contributed by atoms with E-state index >= 15 is 0 Å². The molecule has 96 valence electrons. The smallest absolute Gasteiger partial charge is 0.227 e. The summed E-state index contributed by atoms with van der Waals surface area (Å²) in [5.74, 6) is 0.417. The largest absolute Gasteiger partial charge is 0.340 e. The van der Waals surface area contributed by atoms with Gasteiger partial charge in [-0.2, -0.15) is 4.98 Å². The molecule has 0 spiro atoms. The zero-order chi connectivity index (χ0) is 12.8. The molecule has 1 N–H and O–H groups in total. The van der Waals surface area contributed by atoms with E-state index < -0.39 is 0 Å². The number of hydrogen-bond donors (Lipinski definition) is 1. The summed E-state index contributed by atoms with van der Waals surface area (Å²) in [6.07, 6.45) is 2.85. The first kappa shape index (κ1) is 12.7. The summed E-state index contributed by atoms with van der Waals surface area (Å²) < 4.78 is 18.5. The first-order valence-electron chi connectivity index (χ1n) is 6.04. The second kappa shape index (κ2) is 6.26. The van der Waals surface area contributed by atoms with E-state index in [9.17, 15) is 4.39 Å². The molecule has 0 saturated carbocycles. The fraction of sp³-hybridized carbons (Fsp3) is 0.385. The monoisotopic (exact) mass is 249 g/mol. The summed E-state index contributed by atoms with van der Waals surface area (Å²) in [5.41, 5.74) is 0.700. The lowest BCUT2D eigenvalue weighted by molar-refractivity contribution is 0.370. The molecular weight excluding hydrogens is 233 g/mol. The molecule has 0 aliphatic rings. The Morgan fingerprint density at radius 3 is 2.89 bits per heavy atom. The van der Waals surface area contributed by atoms with Crippen LogP contribution in [0.5, 0.6) is 0 Å². The van der Waals surface area contributed by atoms with Crippen LogP contribution in [0.25, 0.3) is 0 Å². The van der Waals surface area contributed by atoms with Crippen molar-refractivity contribution in [2.24, 2.45) is 0 Å². The van der Waals surface area contributed by atoms with Crippen LogP contribution in [0.2, 0.25) is 0 Å². The van der Waals surface area contributed by atoms with Crippen molar-refractivity contribution in [2.75, 3.05) is 6.54 Å². The van der Waals surface area contributed by atoms with Gasteiger partial charge in [0.25, 0.3) is 0 Å². The van der Waals surface area contributed by atoms with Crippen LogP contribution >= 0.6 is 0 Å². The van der Waals surface area contributed by atoms with Gasteiger partial charge in [-0.05, 0) is 12.5 Å². The molecule has 5 heteroatoms. The standard InChI is InChI=1S/C13H16FN3O/c1-2-12(10-5-3-4-6-11(10)14)15-8-7-13-16-9-17-18-13/h3-6,9,12,15H,2,7-8H2,1H3. The van der Waals surface area contributed by atoms with Crippen LogP contribution in [-0.2, 0) is 6.42 Å². The average molecular weight is 249 g/mol. The van der Waals surface area contributed by atoms with Crippen molar-refractivity contribution in [1.29, 1.82) is 0 Å². The predicted molar refractivity (Wildman–Crippen MR) is 65.4 cm³/mol. The van der Waals surface area contributed by atoms with Crippen LogP contribution in [-0.4, -0.2) is 16.7 Å². The molecule has 0 saturated heterocycles. The van der Waals surface area contributed by atoms with E-state index in [4.69, 9.17) is 4.52 Å². The second-order valence-electron chi connectivity index (χ2n) is 4.02. The number of aromatic nitrogens is 2. The van der Waals surface area contributed by atoms with Gasteiger partial charge in [-0.25, -0.2) is 4.39 Å². The predicted octanol–water partition coefficient (Wildman–Crippen LogP) is 2.49. The van der Waals surface area contributed by atoms with Crippen LogP contribution in [0.4, 0.5) is 4.39 Å². The number of rotatable bonds is 6. The van der Waals surface area contributed by atoms with E-state index in [0.29, 0.717) is 24.4 Å². The van der Waals surface area contributed by atoms with Crippen LogP contribution < -0.4 is 5.32 Å².